The standard InChI is InChI=1S/C24H21N3O3S/c1-24(2,3)16-10-8-15(9-11-16)22(28)25-20-14-17(27(29)30)12-13-18(20)23-26-19-6-4-5-7-21(19)31-23/h4-14H,1-3H3,(H,25,28). The minimum atomic E-state index is -0.476. The average Bonchev–Trinajstić information content (AvgIpc) is 3.17. The van der Waals surface area contributed by atoms with Crippen LogP contribution in [0.1, 0.15) is 36.7 Å². The van der Waals surface area contributed by atoms with Crippen LogP contribution in [0.2, 0.25) is 0 Å². The van der Waals surface area contributed by atoms with E-state index in [1.165, 1.54) is 23.5 Å². The van der Waals surface area contributed by atoms with Gasteiger partial charge in [-0.05, 0) is 41.3 Å². The molecule has 0 fully saturated rings. The maximum atomic E-state index is 12.9. The highest BCUT2D eigenvalue weighted by atomic mass is 32.1. The minimum absolute atomic E-state index is 0.0188. The molecule has 4 aromatic rings. The number of nitro benzene ring substituents is 1. The topological polar surface area (TPSA) is 85.1 Å². The van der Waals surface area contributed by atoms with Gasteiger partial charge in [0.1, 0.15) is 5.01 Å². The van der Waals surface area contributed by atoms with Crippen molar-refractivity contribution in [1.82, 2.24) is 4.98 Å². The Balaban J connectivity index is 1.71. The van der Waals surface area contributed by atoms with Crippen LogP contribution in [0.3, 0.4) is 0 Å². The quantitative estimate of drug-likeness (QED) is 0.298. The summed E-state index contributed by atoms with van der Waals surface area (Å²) in [4.78, 5) is 28.4. The zero-order chi connectivity index (χ0) is 22.2. The van der Waals surface area contributed by atoms with Crippen molar-refractivity contribution in [3.05, 3.63) is 88.0 Å². The van der Waals surface area contributed by atoms with E-state index in [1.54, 1.807) is 18.2 Å². The van der Waals surface area contributed by atoms with E-state index in [1.807, 2.05) is 36.4 Å². The molecule has 1 heterocycles. The van der Waals surface area contributed by atoms with Gasteiger partial charge in [-0.3, -0.25) is 14.9 Å². The predicted octanol–water partition coefficient (Wildman–Crippen LogP) is 6.42. The Morgan fingerprint density at radius 2 is 1.74 bits per heavy atom. The van der Waals surface area contributed by atoms with Crippen LogP contribution in [-0.2, 0) is 5.41 Å². The smallest absolute Gasteiger partial charge is 0.271 e. The Labute approximate surface area is 183 Å². The first-order chi connectivity index (χ1) is 14.7. The molecule has 0 atom stereocenters. The van der Waals surface area contributed by atoms with Crippen molar-refractivity contribution in [2.24, 2.45) is 0 Å². The number of hydrogen-bond acceptors (Lipinski definition) is 5. The molecule has 156 valence electrons. The molecule has 0 spiro atoms. The first-order valence-electron chi connectivity index (χ1n) is 9.79. The van der Waals surface area contributed by atoms with Gasteiger partial charge in [0.15, 0.2) is 0 Å². The lowest BCUT2D eigenvalue weighted by atomic mass is 9.86. The number of rotatable bonds is 4. The summed E-state index contributed by atoms with van der Waals surface area (Å²) in [6.45, 7) is 6.32. The largest absolute Gasteiger partial charge is 0.321 e. The second-order valence-electron chi connectivity index (χ2n) is 8.26. The SMILES string of the molecule is CC(C)(C)c1ccc(C(=O)Nc2cc([N+](=O)[O-])ccc2-c2nc3ccccc3s2)cc1. The molecule has 3 aromatic carbocycles. The summed E-state index contributed by atoms with van der Waals surface area (Å²) in [6, 6.07) is 19.6. The third kappa shape index (κ3) is 4.32. The number of nitro groups is 1. The Kier molecular flexibility index (Phi) is 5.29. The van der Waals surface area contributed by atoms with Crippen molar-refractivity contribution in [1.29, 1.82) is 0 Å². The molecule has 0 radical (unpaired) electrons. The molecule has 0 aliphatic carbocycles. The molecule has 6 nitrogen and oxygen atoms in total. The number of carbonyl (C=O) groups excluding carboxylic acids is 1. The van der Waals surface area contributed by atoms with Gasteiger partial charge in [-0.25, -0.2) is 4.98 Å². The maximum Gasteiger partial charge on any atom is 0.271 e. The van der Waals surface area contributed by atoms with Crippen LogP contribution >= 0.6 is 11.3 Å². The van der Waals surface area contributed by atoms with Gasteiger partial charge in [-0.1, -0.05) is 45.0 Å². The summed E-state index contributed by atoms with van der Waals surface area (Å²) in [7, 11) is 0. The number of amides is 1. The summed E-state index contributed by atoms with van der Waals surface area (Å²) in [5.41, 5.74) is 3.34. The van der Waals surface area contributed by atoms with Crippen LogP contribution in [0.15, 0.2) is 66.7 Å². The molecule has 0 saturated heterocycles. The first kappa shape index (κ1) is 20.7. The Bertz CT molecular complexity index is 1250. The summed E-state index contributed by atoms with van der Waals surface area (Å²) >= 11 is 1.47. The Morgan fingerprint density at radius 3 is 2.39 bits per heavy atom. The van der Waals surface area contributed by atoms with E-state index in [0.29, 0.717) is 21.8 Å². The Hall–Kier alpha value is -3.58. The van der Waals surface area contributed by atoms with Crippen molar-refractivity contribution >= 4 is 38.8 Å². The van der Waals surface area contributed by atoms with Gasteiger partial charge in [0.25, 0.3) is 11.6 Å². The van der Waals surface area contributed by atoms with Crippen molar-refractivity contribution in [3.63, 3.8) is 0 Å². The highest BCUT2D eigenvalue weighted by Gasteiger charge is 2.19. The number of aromatic nitrogens is 1. The highest BCUT2D eigenvalue weighted by molar-refractivity contribution is 7.21. The Morgan fingerprint density at radius 1 is 1.03 bits per heavy atom. The molecule has 31 heavy (non-hydrogen) atoms. The second kappa shape index (κ2) is 7.92. The van der Waals surface area contributed by atoms with Crippen LogP contribution in [0.25, 0.3) is 20.8 Å². The van der Waals surface area contributed by atoms with Crippen molar-refractivity contribution in [2.45, 2.75) is 26.2 Å². The van der Waals surface area contributed by atoms with Crippen LogP contribution in [-0.4, -0.2) is 15.8 Å². The van der Waals surface area contributed by atoms with Gasteiger partial charge in [-0.15, -0.1) is 11.3 Å². The van der Waals surface area contributed by atoms with Crippen LogP contribution in [0, 0.1) is 10.1 Å². The number of nitrogens with one attached hydrogen (secondary N) is 1. The monoisotopic (exact) mass is 431 g/mol. The van der Waals surface area contributed by atoms with Crippen molar-refractivity contribution in [3.8, 4) is 10.6 Å². The van der Waals surface area contributed by atoms with Gasteiger partial charge in [0.2, 0.25) is 0 Å². The molecule has 4 rings (SSSR count). The number of thiazole rings is 1. The van der Waals surface area contributed by atoms with Gasteiger partial charge in [0, 0.05) is 23.3 Å². The second-order valence-corrected chi connectivity index (χ2v) is 9.29. The van der Waals surface area contributed by atoms with E-state index in [-0.39, 0.29) is 17.0 Å². The third-order valence-corrected chi connectivity index (χ3v) is 6.07. The van der Waals surface area contributed by atoms with Gasteiger partial charge < -0.3 is 5.32 Å². The normalized spacial score (nSPS) is 11.5. The number of carbonyl (C=O) groups is 1. The number of hydrogen-bond donors (Lipinski definition) is 1. The van der Waals surface area contributed by atoms with Crippen LogP contribution in [0.5, 0.6) is 0 Å². The van der Waals surface area contributed by atoms with Gasteiger partial charge >= 0.3 is 0 Å². The zero-order valence-corrected chi connectivity index (χ0v) is 18.2. The summed E-state index contributed by atoms with van der Waals surface area (Å²) in [6.07, 6.45) is 0. The fourth-order valence-corrected chi connectivity index (χ4v) is 4.24. The van der Waals surface area contributed by atoms with E-state index in [4.69, 9.17) is 0 Å². The molecular formula is C24H21N3O3S. The molecule has 1 aromatic heterocycles. The number of anilines is 1. The van der Waals surface area contributed by atoms with Gasteiger partial charge in [-0.2, -0.15) is 0 Å². The van der Waals surface area contributed by atoms with Crippen LogP contribution < -0.4 is 5.32 Å². The number of non-ortho nitro benzene ring substituents is 1. The molecule has 7 heteroatoms. The lowest BCUT2D eigenvalue weighted by molar-refractivity contribution is -0.384. The summed E-state index contributed by atoms with van der Waals surface area (Å²) in [5.74, 6) is -0.330. The molecule has 0 unspecified atom stereocenters. The van der Waals surface area contributed by atoms with E-state index in [0.717, 1.165) is 15.8 Å². The maximum absolute atomic E-state index is 12.9. The predicted molar refractivity (Wildman–Crippen MR) is 125 cm³/mol. The first-order valence-corrected chi connectivity index (χ1v) is 10.6. The number of para-hydroxylation sites is 1. The fraction of sp³-hybridized carbons (Fsp3) is 0.167. The fourth-order valence-electron chi connectivity index (χ4n) is 3.24. The third-order valence-electron chi connectivity index (χ3n) is 5.00. The van der Waals surface area contributed by atoms with E-state index >= 15 is 0 Å². The van der Waals surface area contributed by atoms with Crippen molar-refractivity contribution < 1.29 is 9.72 Å². The average molecular weight is 432 g/mol. The number of benzene rings is 3. The summed E-state index contributed by atoms with van der Waals surface area (Å²) in [5, 5.41) is 14.8. The molecule has 1 amide bonds. The zero-order valence-electron chi connectivity index (χ0n) is 17.4. The molecule has 0 aliphatic rings. The van der Waals surface area contributed by atoms with Crippen LogP contribution in [0.4, 0.5) is 11.4 Å². The molecule has 0 saturated carbocycles. The highest BCUT2D eigenvalue weighted by Crippen LogP contribution is 2.36. The van der Waals surface area contributed by atoms with Gasteiger partial charge in [0.05, 0.1) is 20.8 Å². The lowest BCUT2D eigenvalue weighted by Crippen LogP contribution is -2.15. The lowest BCUT2D eigenvalue weighted by Gasteiger charge is -2.19. The number of nitrogens with zero attached hydrogens (tertiary/aromatic N) is 2. The van der Waals surface area contributed by atoms with E-state index in [2.05, 4.69) is 31.1 Å². The van der Waals surface area contributed by atoms with Crippen molar-refractivity contribution in [2.75, 3.05) is 5.32 Å². The molecule has 0 aliphatic heterocycles. The molecular weight excluding hydrogens is 410 g/mol. The molecule has 0 bridgehead atoms. The summed E-state index contributed by atoms with van der Waals surface area (Å²) < 4.78 is 1.01. The van der Waals surface area contributed by atoms with E-state index in [9.17, 15) is 14.9 Å². The molecule has 1 N–H and O–H groups in total. The minimum Gasteiger partial charge on any atom is -0.321 e. The number of fused-ring (bicyclic) bond motifs is 1. The van der Waals surface area contributed by atoms with E-state index < -0.39 is 4.92 Å².